The van der Waals surface area contributed by atoms with Crippen LogP contribution in [0, 0.1) is 0 Å². The number of hydrogen-bond donors (Lipinski definition) is 1. The number of hydrogen-bond acceptors (Lipinski definition) is 2. The lowest BCUT2D eigenvalue weighted by Gasteiger charge is -2.20. The first kappa shape index (κ1) is 16.5. The van der Waals surface area contributed by atoms with Gasteiger partial charge in [-0.25, -0.2) is 4.79 Å². The fourth-order valence-corrected chi connectivity index (χ4v) is 4.33. The molecule has 0 fully saturated rings. The normalized spacial score (nSPS) is 13.4. The van der Waals surface area contributed by atoms with Gasteiger partial charge in [0.15, 0.2) is 0 Å². The molecule has 102 valence electrons. The van der Waals surface area contributed by atoms with Crippen LogP contribution in [0.2, 0.25) is 5.54 Å². The van der Waals surface area contributed by atoms with Crippen LogP contribution in [0.4, 0.5) is 4.79 Å². The zero-order valence-electron chi connectivity index (χ0n) is 11.6. The van der Waals surface area contributed by atoms with E-state index in [0.717, 1.165) is 31.2 Å². The summed E-state index contributed by atoms with van der Waals surface area (Å²) < 4.78 is 5.04. The van der Waals surface area contributed by atoms with Gasteiger partial charge < -0.3 is 9.84 Å². The Balaban J connectivity index is 3.99. The standard InChI is InChI=1S/C13H28O3Si/c1-4-7-8-9-10-12(16-13(14)15)17-11(5-2)6-3/h11-12H,4-10,17H2,1-3H3,(H,14,15). The first-order valence-electron chi connectivity index (χ1n) is 7.03. The van der Waals surface area contributed by atoms with Gasteiger partial charge in [0.25, 0.3) is 0 Å². The molecule has 0 aliphatic rings. The van der Waals surface area contributed by atoms with Crippen molar-refractivity contribution in [2.75, 3.05) is 0 Å². The second kappa shape index (κ2) is 10.6. The van der Waals surface area contributed by atoms with Crippen LogP contribution in [0.5, 0.6) is 0 Å². The van der Waals surface area contributed by atoms with Gasteiger partial charge in [0.05, 0.1) is 15.2 Å². The van der Waals surface area contributed by atoms with Crippen LogP contribution in [-0.2, 0) is 4.74 Å². The van der Waals surface area contributed by atoms with E-state index in [1.165, 1.54) is 19.3 Å². The van der Waals surface area contributed by atoms with Gasteiger partial charge in [-0.05, 0) is 12.0 Å². The minimum atomic E-state index is -1.09. The summed E-state index contributed by atoms with van der Waals surface area (Å²) >= 11 is 0. The Morgan fingerprint density at radius 2 is 1.82 bits per heavy atom. The molecule has 4 heteroatoms. The largest absolute Gasteiger partial charge is 0.505 e. The van der Waals surface area contributed by atoms with Crippen LogP contribution < -0.4 is 0 Å². The predicted molar refractivity (Wildman–Crippen MR) is 74.5 cm³/mol. The number of ether oxygens (including phenoxy) is 1. The zero-order valence-corrected chi connectivity index (χ0v) is 13.0. The summed E-state index contributed by atoms with van der Waals surface area (Å²) in [5, 5.41) is 8.74. The molecule has 1 atom stereocenters. The third-order valence-corrected chi connectivity index (χ3v) is 6.32. The van der Waals surface area contributed by atoms with Crippen molar-refractivity contribution in [3.05, 3.63) is 0 Å². The van der Waals surface area contributed by atoms with E-state index >= 15 is 0 Å². The van der Waals surface area contributed by atoms with Gasteiger partial charge in [0, 0.05) is 0 Å². The lowest BCUT2D eigenvalue weighted by Crippen LogP contribution is -2.26. The van der Waals surface area contributed by atoms with Gasteiger partial charge in [-0.1, -0.05) is 59.3 Å². The van der Waals surface area contributed by atoms with Crippen molar-refractivity contribution in [1.29, 1.82) is 0 Å². The van der Waals surface area contributed by atoms with Crippen molar-refractivity contribution >= 4 is 15.7 Å². The van der Waals surface area contributed by atoms with Crippen LogP contribution in [-0.4, -0.2) is 26.5 Å². The molecule has 0 saturated carbocycles. The topological polar surface area (TPSA) is 46.5 Å². The summed E-state index contributed by atoms with van der Waals surface area (Å²) in [6.45, 7) is 6.57. The van der Waals surface area contributed by atoms with Gasteiger partial charge in [0.1, 0.15) is 0 Å². The number of unbranched alkanes of at least 4 members (excludes halogenated alkanes) is 3. The molecular formula is C13H28O3Si. The average molecular weight is 260 g/mol. The summed E-state index contributed by atoms with van der Waals surface area (Å²) in [5.74, 6) is 0. The summed E-state index contributed by atoms with van der Waals surface area (Å²) in [5.41, 5.74) is 0.764. The molecule has 17 heavy (non-hydrogen) atoms. The first-order chi connectivity index (χ1) is 8.13. The first-order valence-corrected chi connectivity index (χ1v) is 8.66. The highest BCUT2D eigenvalue weighted by Crippen LogP contribution is 2.18. The van der Waals surface area contributed by atoms with E-state index in [2.05, 4.69) is 20.8 Å². The van der Waals surface area contributed by atoms with Crippen molar-refractivity contribution < 1.29 is 14.6 Å². The third kappa shape index (κ3) is 9.21. The molecule has 1 unspecified atom stereocenters. The molecule has 0 heterocycles. The summed E-state index contributed by atoms with van der Waals surface area (Å²) in [4.78, 5) is 10.7. The molecule has 0 aliphatic heterocycles. The molecule has 0 aromatic heterocycles. The fourth-order valence-electron chi connectivity index (χ4n) is 2.16. The van der Waals surface area contributed by atoms with E-state index < -0.39 is 15.7 Å². The lowest BCUT2D eigenvalue weighted by molar-refractivity contribution is 0.0746. The molecule has 0 radical (unpaired) electrons. The molecule has 0 aromatic carbocycles. The second-order valence-corrected chi connectivity index (χ2v) is 7.31. The fraction of sp³-hybridized carbons (Fsp3) is 0.923. The number of rotatable bonds is 10. The molecule has 0 bridgehead atoms. The predicted octanol–water partition coefficient (Wildman–Crippen LogP) is 3.75. The Hall–Kier alpha value is -0.513. The Morgan fingerprint density at radius 1 is 1.18 bits per heavy atom. The summed E-state index contributed by atoms with van der Waals surface area (Å²) in [6, 6.07) is 0. The molecule has 0 aromatic rings. The van der Waals surface area contributed by atoms with Crippen molar-refractivity contribution in [2.24, 2.45) is 0 Å². The number of carbonyl (C=O) groups is 1. The molecular weight excluding hydrogens is 232 g/mol. The highest BCUT2D eigenvalue weighted by atomic mass is 28.2. The smallest absolute Gasteiger partial charge is 0.450 e. The zero-order chi connectivity index (χ0) is 13.1. The minimum Gasteiger partial charge on any atom is -0.450 e. The second-order valence-electron chi connectivity index (χ2n) is 4.77. The molecule has 0 saturated heterocycles. The van der Waals surface area contributed by atoms with Crippen LogP contribution in [0.1, 0.15) is 65.7 Å². The lowest BCUT2D eigenvalue weighted by atomic mass is 10.2. The van der Waals surface area contributed by atoms with Gasteiger partial charge >= 0.3 is 6.16 Å². The van der Waals surface area contributed by atoms with Crippen LogP contribution >= 0.6 is 0 Å². The van der Waals surface area contributed by atoms with Crippen molar-refractivity contribution in [1.82, 2.24) is 0 Å². The summed E-state index contributed by atoms with van der Waals surface area (Å²) in [7, 11) is -0.441. The summed E-state index contributed by atoms with van der Waals surface area (Å²) in [6.07, 6.45) is 6.94. The van der Waals surface area contributed by atoms with Gasteiger partial charge in [-0.3, -0.25) is 0 Å². The van der Waals surface area contributed by atoms with E-state index in [-0.39, 0.29) is 5.73 Å². The van der Waals surface area contributed by atoms with E-state index in [4.69, 9.17) is 9.84 Å². The Labute approximate surface area is 108 Å². The van der Waals surface area contributed by atoms with Gasteiger partial charge in [0.2, 0.25) is 0 Å². The molecule has 0 aliphatic carbocycles. The number of carboxylic acid groups (broad SMARTS) is 1. The molecule has 0 rings (SSSR count). The molecule has 0 spiro atoms. The Kier molecular flexibility index (Phi) is 10.3. The van der Waals surface area contributed by atoms with Gasteiger partial charge in [-0.15, -0.1) is 0 Å². The average Bonchev–Trinajstić information content (AvgIpc) is 2.30. The van der Waals surface area contributed by atoms with E-state index in [9.17, 15) is 4.79 Å². The quantitative estimate of drug-likeness (QED) is 0.369. The highest BCUT2D eigenvalue weighted by molar-refractivity contribution is 6.39. The van der Waals surface area contributed by atoms with E-state index in [1.807, 2.05) is 0 Å². The monoisotopic (exact) mass is 260 g/mol. The van der Waals surface area contributed by atoms with Crippen LogP contribution in [0.15, 0.2) is 0 Å². The van der Waals surface area contributed by atoms with Crippen molar-refractivity contribution in [2.45, 2.75) is 77.0 Å². The van der Waals surface area contributed by atoms with E-state index in [1.54, 1.807) is 0 Å². The van der Waals surface area contributed by atoms with Crippen LogP contribution in [0.25, 0.3) is 0 Å². The maximum absolute atomic E-state index is 10.7. The molecule has 3 nitrogen and oxygen atoms in total. The Morgan fingerprint density at radius 3 is 2.29 bits per heavy atom. The van der Waals surface area contributed by atoms with Crippen molar-refractivity contribution in [3.8, 4) is 0 Å². The maximum atomic E-state index is 10.7. The Bertz CT molecular complexity index is 193. The highest BCUT2D eigenvalue weighted by Gasteiger charge is 2.18. The molecule has 0 amide bonds. The van der Waals surface area contributed by atoms with Crippen molar-refractivity contribution in [3.63, 3.8) is 0 Å². The minimum absolute atomic E-state index is 0.0363. The maximum Gasteiger partial charge on any atom is 0.505 e. The van der Waals surface area contributed by atoms with Crippen LogP contribution in [0.3, 0.4) is 0 Å². The van der Waals surface area contributed by atoms with E-state index in [0.29, 0.717) is 0 Å². The SMILES string of the molecule is CCCCCCC(OC(=O)O)[SiH2]C(CC)CC. The molecule has 1 N–H and O–H groups in total. The van der Waals surface area contributed by atoms with Gasteiger partial charge in [-0.2, -0.15) is 0 Å². The third-order valence-electron chi connectivity index (χ3n) is 3.40.